The van der Waals surface area contributed by atoms with E-state index in [1.54, 1.807) is 37.6 Å². The molecule has 1 aromatic heterocycles. The number of halogens is 4. The topological polar surface area (TPSA) is 67.3 Å². The molecule has 1 saturated heterocycles. The highest BCUT2D eigenvalue weighted by Crippen LogP contribution is 2.41. The number of nitrogens with zero attached hydrogens (tertiary/aromatic N) is 2. The molecule has 0 aliphatic carbocycles. The molecule has 0 radical (unpaired) electrons. The van der Waals surface area contributed by atoms with E-state index in [0.717, 1.165) is 11.0 Å². The Labute approximate surface area is 218 Å². The maximum atomic E-state index is 15.3. The summed E-state index contributed by atoms with van der Waals surface area (Å²) < 4.78 is 57.3. The molecule has 2 aromatic carbocycles. The molecule has 0 spiro atoms. The molecule has 0 unspecified atom stereocenters. The summed E-state index contributed by atoms with van der Waals surface area (Å²) in [5.41, 5.74) is -0.00519. The number of rotatable bonds is 7. The van der Waals surface area contributed by atoms with Crippen molar-refractivity contribution in [3.05, 3.63) is 76.8 Å². The van der Waals surface area contributed by atoms with Gasteiger partial charge in [0, 0.05) is 35.9 Å². The molecule has 1 aliphatic heterocycles. The number of benzene rings is 2. The first kappa shape index (κ1) is 27.1. The Morgan fingerprint density at radius 2 is 1.84 bits per heavy atom. The second kappa shape index (κ2) is 10.8. The Kier molecular flexibility index (Phi) is 7.91. The summed E-state index contributed by atoms with van der Waals surface area (Å²) in [6.45, 7) is 3.28. The van der Waals surface area contributed by atoms with Crippen LogP contribution in [-0.2, 0) is 20.6 Å². The van der Waals surface area contributed by atoms with Gasteiger partial charge in [-0.2, -0.15) is 0 Å². The number of carbonyl (C=O) groups excluding carboxylic acids is 2. The van der Waals surface area contributed by atoms with Crippen molar-refractivity contribution in [1.82, 2.24) is 4.98 Å². The van der Waals surface area contributed by atoms with E-state index in [1.807, 2.05) is 0 Å². The van der Waals surface area contributed by atoms with Gasteiger partial charge in [0.2, 0.25) is 5.91 Å². The molecule has 10 heteroatoms. The first-order valence-corrected chi connectivity index (χ1v) is 14.7. The molecule has 1 amide bonds. The first-order valence-electron chi connectivity index (χ1n) is 11.7. The van der Waals surface area contributed by atoms with Crippen molar-refractivity contribution >= 4 is 41.4 Å². The van der Waals surface area contributed by atoms with Crippen molar-refractivity contribution in [2.45, 2.75) is 25.7 Å². The lowest BCUT2D eigenvalue weighted by molar-refractivity contribution is -0.128. The summed E-state index contributed by atoms with van der Waals surface area (Å²) in [5.74, 6) is -4.68. The molecule has 1 atom stereocenters. The van der Waals surface area contributed by atoms with Crippen LogP contribution >= 0.6 is 18.7 Å². The van der Waals surface area contributed by atoms with Crippen LogP contribution in [0.5, 0.6) is 0 Å². The van der Waals surface area contributed by atoms with Gasteiger partial charge in [0.15, 0.2) is 11.6 Å². The molecular weight excluding hydrogens is 524 g/mol. The third-order valence-corrected chi connectivity index (χ3v) is 8.16. The smallest absolute Gasteiger partial charge is 0.230 e. The Balaban J connectivity index is 1.56. The van der Waals surface area contributed by atoms with E-state index in [0.29, 0.717) is 23.7 Å². The summed E-state index contributed by atoms with van der Waals surface area (Å²) in [6, 6.07) is 10.3. The SMILES string of the molecule is CP(C)(=O)c1ccccc1-c1ccc(N2CCC[C@@H](CC(=O)Cc3ncc(Cl)cc3F)C2=O)c(F)c1F. The van der Waals surface area contributed by atoms with Gasteiger partial charge in [-0.05, 0) is 49.9 Å². The minimum atomic E-state index is -2.78. The van der Waals surface area contributed by atoms with E-state index in [4.69, 9.17) is 11.6 Å². The van der Waals surface area contributed by atoms with Crippen LogP contribution < -0.4 is 10.2 Å². The number of Topliss-reactive ketones (excluding diaryl/α,β-unsaturated/α-hetero) is 1. The highest BCUT2D eigenvalue weighted by molar-refractivity contribution is 7.70. The fraction of sp³-hybridized carbons (Fsp3) is 0.296. The number of aromatic nitrogens is 1. The summed E-state index contributed by atoms with van der Waals surface area (Å²) in [7, 11) is -2.78. The average Bonchev–Trinajstić information content (AvgIpc) is 2.84. The molecule has 3 aromatic rings. The molecule has 5 nitrogen and oxygen atoms in total. The first-order chi connectivity index (χ1) is 17.5. The predicted octanol–water partition coefficient (Wildman–Crippen LogP) is 6.01. The maximum absolute atomic E-state index is 15.3. The van der Waals surface area contributed by atoms with Crippen LogP contribution in [0.1, 0.15) is 25.0 Å². The van der Waals surface area contributed by atoms with Gasteiger partial charge in [0.1, 0.15) is 18.7 Å². The van der Waals surface area contributed by atoms with E-state index in [1.165, 1.54) is 18.3 Å². The van der Waals surface area contributed by atoms with Gasteiger partial charge in [-0.15, -0.1) is 0 Å². The van der Waals surface area contributed by atoms with E-state index in [2.05, 4.69) is 4.98 Å². The highest BCUT2D eigenvalue weighted by Gasteiger charge is 2.34. The molecule has 4 rings (SSSR count). The summed E-state index contributed by atoms with van der Waals surface area (Å²) in [4.78, 5) is 30.7. The molecule has 1 aliphatic rings. The molecule has 1 fully saturated rings. The molecule has 0 N–H and O–H groups in total. The summed E-state index contributed by atoms with van der Waals surface area (Å²) in [6.07, 6.45) is 1.65. The number of ketones is 1. The standard InChI is InChI=1S/C27H25ClF3N2O3P/c1-37(2,36)24-8-4-3-7-19(24)20-9-10-23(26(31)25(20)30)33-11-5-6-16(27(33)35)12-18(34)14-22-21(29)13-17(28)15-32-22/h3-4,7-10,13,15-16H,5-6,11-12,14H2,1-2H3/t16-/m0/s1. The fourth-order valence-corrected chi connectivity index (χ4v) is 5.98. The Morgan fingerprint density at radius 3 is 2.54 bits per heavy atom. The Morgan fingerprint density at radius 1 is 1.11 bits per heavy atom. The third-order valence-electron chi connectivity index (χ3n) is 6.40. The number of pyridine rings is 1. The second-order valence-electron chi connectivity index (χ2n) is 9.46. The number of piperidine rings is 1. The zero-order chi connectivity index (χ0) is 26.9. The predicted molar refractivity (Wildman–Crippen MR) is 138 cm³/mol. The minimum Gasteiger partial charge on any atom is -0.319 e. The van der Waals surface area contributed by atoms with Gasteiger partial charge in [-0.1, -0.05) is 35.9 Å². The van der Waals surface area contributed by atoms with Crippen LogP contribution in [0.25, 0.3) is 11.1 Å². The highest BCUT2D eigenvalue weighted by atomic mass is 35.5. The van der Waals surface area contributed by atoms with Crippen molar-refractivity contribution in [2.24, 2.45) is 5.92 Å². The molecule has 0 saturated carbocycles. The van der Waals surface area contributed by atoms with Gasteiger partial charge in [-0.3, -0.25) is 14.6 Å². The fourth-order valence-electron chi connectivity index (χ4n) is 4.61. The van der Waals surface area contributed by atoms with Crippen LogP contribution in [-0.4, -0.2) is 36.5 Å². The minimum absolute atomic E-state index is 0.0468. The van der Waals surface area contributed by atoms with Crippen LogP contribution in [0.4, 0.5) is 18.9 Å². The van der Waals surface area contributed by atoms with E-state index in [-0.39, 0.29) is 41.4 Å². The van der Waals surface area contributed by atoms with Gasteiger partial charge < -0.3 is 9.46 Å². The molecule has 194 valence electrons. The lowest BCUT2D eigenvalue weighted by Crippen LogP contribution is -2.42. The van der Waals surface area contributed by atoms with Crippen molar-refractivity contribution in [1.29, 1.82) is 0 Å². The number of anilines is 1. The quantitative estimate of drug-likeness (QED) is 0.339. The molecule has 2 heterocycles. The van der Waals surface area contributed by atoms with Gasteiger partial charge in [0.25, 0.3) is 0 Å². The number of hydrogen-bond acceptors (Lipinski definition) is 4. The largest absolute Gasteiger partial charge is 0.319 e. The number of carbonyl (C=O) groups is 2. The van der Waals surface area contributed by atoms with Crippen molar-refractivity contribution in [2.75, 3.05) is 24.8 Å². The summed E-state index contributed by atoms with van der Waals surface area (Å²) in [5, 5.41) is 0.536. The zero-order valence-corrected chi connectivity index (χ0v) is 22.0. The van der Waals surface area contributed by atoms with Gasteiger partial charge in [0.05, 0.1) is 22.8 Å². The number of amides is 1. The normalized spacial score (nSPS) is 16.2. The van der Waals surface area contributed by atoms with Crippen LogP contribution in [0.3, 0.4) is 0 Å². The monoisotopic (exact) mass is 548 g/mol. The molecular formula is C27H25ClF3N2O3P. The molecule has 0 bridgehead atoms. The van der Waals surface area contributed by atoms with E-state index in [9.17, 15) is 18.5 Å². The average molecular weight is 549 g/mol. The van der Waals surface area contributed by atoms with E-state index < -0.39 is 42.2 Å². The van der Waals surface area contributed by atoms with E-state index >= 15 is 8.78 Å². The van der Waals surface area contributed by atoms with Crippen molar-refractivity contribution in [3.63, 3.8) is 0 Å². The second-order valence-corrected chi connectivity index (χ2v) is 13.1. The lowest BCUT2D eigenvalue weighted by Gasteiger charge is -2.32. The van der Waals surface area contributed by atoms with Crippen LogP contribution in [0.2, 0.25) is 5.02 Å². The Bertz CT molecular complexity index is 1430. The third kappa shape index (κ3) is 5.81. The van der Waals surface area contributed by atoms with Gasteiger partial charge in [-0.25, -0.2) is 13.2 Å². The maximum Gasteiger partial charge on any atom is 0.230 e. The van der Waals surface area contributed by atoms with Crippen molar-refractivity contribution in [3.8, 4) is 11.1 Å². The van der Waals surface area contributed by atoms with Gasteiger partial charge >= 0.3 is 0 Å². The van der Waals surface area contributed by atoms with Crippen LogP contribution in [0, 0.1) is 23.4 Å². The van der Waals surface area contributed by atoms with Crippen molar-refractivity contribution < 1.29 is 27.3 Å². The lowest BCUT2D eigenvalue weighted by atomic mass is 9.90. The Hall–Kier alpha value is -2.96. The number of hydrogen-bond donors (Lipinski definition) is 0. The van der Waals surface area contributed by atoms with Crippen LogP contribution in [0.15, 0.2) is 48.7 Å². The molecule has 37 heavy (non-hydrogen) atoms. The summed E-state index contributed by atoms with van der Waals surface area (Å²) >= 11 is 5.69. The zero-order valence-electron chi connectivity index (χ0n) is 20.3.